The second kappa shape index (κ2) is 5.23. The third-order valence-electron chi connectivity index (χ3n) is 2.50. The molecule has 0 amide bonds. The maximum Gasteiger partial charge on any atom is 0.223 e. The maximum absolute atomic E-state index is 9.75. The minimum atomic E-state index is -0.0458. The Labute approximate surface area is 105 Å². The number of rotatable bonds is 3. The summed E-state index contributed by atoms with van der Waals surface area (Å²) < 4.78 is 0.988. The van der Waals surface area contributed by atoms with E-state index in [1.807, 2.05) is 30.3 Å². The van der Waals surface area contributed by atoms with E-state index in [-0.39, 0.29) is 18.0 Å². The number of benzene rings is 2. The normalized spacial score (nSPS) is 11.4. The molecule has 0 unspecified atom stereocenters. The predicted octanol–water partition coefficient (Wildman–Crippen LogP) is 2.12. The monoisotopic (exact) mass is 244 g/mol. The summed E-state index contributed by atoms with van der Waals surface area (Å²) in [4.78, 5) is 0. The molecule has 0 aliphatic rings. The van der Waals surface area contributed by atoms with Gasteiger partial charge in [0.05, 0.1) is 5.56 Å². The molecule has 0 fully saturated rings. The Morgan fingerprint density at radius 3 is 2.39 bits per heavy atom. The Bertz CT molecular complexity index is 565. The number of hydrogen-bond donors (Lipinski definition) is 3. The van der Waals surface area contributed by atoms with Crippen LogP contribution in [-0.4, -0.2) is 26.4 Å². The minimum absolute atomic E-state index is 0.00669. The first-order valence-electron chi connectivity index (χ1n) is 5.51. The van der Waals surface area contributed by atoms with Crippen molar-refractivity contribution >= 4 is 6.21 Å². The number of nitrogens with zero attached hydrogens (tertiary/aromatic N) is 1. The van der Waals surface area contributed by atoms with Gasteiger partial charge in [-0.3, -0.25) is 5.21 Å². The van der Waals surface area contributed by atoms with Crippen LogP contribution in [0.4, 0.5) is 0 Å². The fourth-order valence-electron chi connectivity index (χ4n) is 1.62. The SMILES string of the molecule is Oc1ccc(C/[N+](O)=C/c2ccccc2)c(O)c1. The molecule has 18 heavy (non-hydrogen) atoms. The van der Waals surface area contributed by atoms with Crippen molar-refractivity contribution in [1.29, 1.82) is 0 Å². The topological polar surface area (TPSA) is 63.7 Å². The molecule has 3 N–H and O–H groups in total. The number of hydroxylamine groups is 1. The molecule has 0 radical (unpaired) electrons. The Kier molecular flexibility index (Phi) is 3.48. The molecule has 0 saturated carbocycles. The molecule has 0 aromatic heterocycles. The van der Waals surface area contributed by atoms with Crippen LogP contribution < -0.4 is 0 Å². The predicted molar refractivity (Wildman–Crippen MR) is 67.1 cm³/mol. The average Bonchev–Trinajstić information content (AvgIpc) is 2.34. The van der Waals surface area contributed by atoms with E-state index >= 15 is 0 Å². The average molecular weight is 244 g/mol. The molecule has 0 saturated heterocycles. The van der Waals surface area contributed by atoms with Crippen LogP contribution in [0.3, 0.4) is 0 Å². The van der Waals surface area contributed by atoms with E-state index in [1.54, 1.807) is 12.3 Å². The smallest absolute Gasteiger partial charge is 0.223 e. The van der Waals surface area contributed by atoms with E-state index in [4.69, 9.17) is 5.11 Å². The van der Waals surface area contributed by atoms with Crippen molar-refractivity contribution in [3.63, 3.8) is 0 Å². The molecule has 0 aliphatic heterocycles. The first kappa shape index (κ1) is 12.0. The summed E-state index contributed by atoms with van der Waals surface area (Å²) in [5.74, 6) is -0.0525. The summed E-state index contributed by atoms with van der Waals surface area (Å²) in [7, 11) is 0. The summed E-state index contributed by atoms with van der Waals surface area (Å²) in [6.45, 7) is 0.140. The summed E-state index contributed by atoms with van der Waals surface area (Å²) >= 11 is 0. The van der Waals surface area contributed by atoms with Crippen LogP contribution in [0.15, 0.2) is 48.5 Å². The van der Waals surface area contributed by atoms with Gasteiger partial charge in [0.15, 0.2) is 0 Å². The second-order valence-electron chi connectivity index (χ2n) is 3.95. The zero-order valence-corrected chi connectivity index (χ0v) is 9.69. The molecule has 92 valence electrons. The lowest BCUT2D eigenvalue weighted by molar-refractivity contribution is -0.783. The summed E-state index contributed by atoms with van der Waals surface area (Å²) in [6, 6.07) is 13.6. The number of phenols is 2. The van der Waals surface area contributed by atoms with E-state index in [0.717, 1.165) is 10.3 Å². The van der Waals surface area contributed by atoms with Crippen LogP contribution in [0.25, 0.3) is 0 Å². The van der Waals surface area contributed by atoms with E-state index in [9.17, 15) is 10.3 Å². The fraction of sp³-hybridized carbons (Fsp3) is 0.0714. The van der Waals surface area contributed by atoms with Crippen molar-refractivity contribution in [1.82, 2.24) is 0 Å². The van der Waals surface area contributed by atoms with Gasteiger partial charge in [0.2, 0.25) is 12.8 Å². The van der Waals surface area contributed by atoms with Gasteiger partial charge in [0.1, 0.15) is 11.5 Å². The van der Waals surface area contributed by atoms with Crippen molar-refractivity contribution < 1.29 is 20.2 Å². The lowest BCUT2D eigenvalue weighted by Gasteiger charge is -2.00. The molecular weight excluding hydrogens is 230 g/mol. The highest BCUT2D eigenvalue weighted by molar-refractivity contribution is 5.75. The molecule has 4 nitrogen and oxygen atoms in total. The lowest BCUT2D eigenvalue weighted by Crippen LogP contribution is -2.08. The maximum atomic E-state index is 9.75. The van der Waals surface area contributed by atoms with Gasteiger partial charge in [-0.1, -0.05) is 18.2 Å². The third kappa shape index (κ3) is 3.01. The van der Waals surface area contributed by atoms with Gasteiger partial charge in [-0.15, -0.1) is 0 Å². The number of aromatic hydroxyl groups is 2. The third-order valence-corrected chi connectivity index (χ3v) is 2.50. The Morgan fingerprint density at radius 1 is 1.00 bits per heavy atom. The van der Waals surface area contributed by atoms with Crippen LogP contribution in [0.5, 0.6) is 11.5 Å². The molecule has 2 aromatic rings. The van der Waals surface area contributed by atoms with Crippen molar-refractivity contribution in [2.45, 2.75) is 6.54 Å². The molecule has 2 rings (SSSR count). The van der Waals surface area contributed by atoms with Crippen molar-refractivity contribution in [2.24, 2.45) is 0 Å². The van der Waals surface area contributed by atoms with Crippen LogP contribution in [0.2, 0.25) is 0 Å². The molecule has 0 aliphatic carbocycles. The zero-order chi connectivity index (χ0) is 13.0. The summed E-state index contributed by atoms with van der Waals surface area (Å²) in [5.41, 5.74) is 1.39. The van der Waals surface area contributed by atoms with Crippen LogP contribution >= 0.6 is 0 Å². The zero-order valence-electron chi connectivity index (χ0n) is 9.69. The Balaban J connectivity index is 2.16. The molecule has 0 bridgehead atoms. The van der Waals surface area contributed by atoms with Gasteiger partial charge < -0.3 is 10.2 Å². The van der Waals surface area contributed by atoms with Gasteiger partial charge in [-0.05, 0) is 29.0 Å². The molecule has 2 aromatic carbocycles. The van der Waals surface area contributed by atoms with Gasteiger partial charge in [0, 0.05) is 11.6 Å². The summed E-state index contributed by atoms with van der Waals surface area (Å²) in [6.07, 6.45) is 1.56. The largest absolute Gasteiger partial charge is 0.508 e. The molecular formula is C14H14NO3+. The highest BCUT2D eigenvalue weighted by Gasteiger charge is 2.09. The molecule has 0 atom stereocenters. The quantitative estimate of drug-likeness (QED) is 0.335. The Morgan fingerprint density at radius 2 is 1.72 bits per heavy atom. The van der Waals surface area contributed by atoms with Gasteiger partial charge in [-0.25, -0.2) is 0 Å². The van der Waals surface area contributed by atoms with Crippen molar-refractivity contribution in [3.05, 3.63) is 59.7 Å². The summed E-state index contributed by atoms with van der Waals surface area (Å²) in [5, 5.41) is 28.5. The van der Waals surface area contributed by atoms with E-state index in [0.29, 0.717) is 5.56 Å². The van der Waals surface area contributed by atoms with Gasteiger partial charge >= 0.3 is 0 Å². The highest BCUT2D eigenvalue weighted by Crippen LogP contribution is 2.22. The van der Waals surface area contributed by atoms with E-state index in [2.05, 4.69) is 0 Å². The van der Waals surface area contributed by atoms with E-state index < -0.39 is 0 Å². The first-order valence-corrected chi connectivity index (χ1v) is 5.51. The van der Waals surface area contributed by atoms with E-state index in [1.165, 1.54) is 12.1 Å². The lowest BCUT2D eigenvalue weighted by atomic mass is 10.2. The highest BCUT2D eigenvalue weighted by atomic mass is 16.5. The minimum Gasteiger partial charge on any atom is -0.508 e. The molecule has 4 heteroatoms. The van der Waals surface area contributed by atoms with Gasteiger partial charge in [-0.2, -0.15) is 0 Å². The standard InChI is InChI=1S/C14H13NO3/c16-13-7-6-12(14(17)8-13)10-15(18)9-11-4-2-1-3-5-11/h1-9H,10H2,(H2-,16,17,18)/p+1/b15-9-. The fourth-order valence-corrected chi connectivity index (χ4v) is 1.62. The van der Waals surface area contributed by atoms with Crippen molar-refractivity contribution in [2.75, 3.05) is 0 Å². The number of hydrogen-bond acceptors (Lipinski definition) is 3. The first-order chi connectivity index (χ1) is 8.65. The number of phenolic OH excluding ortho intramolecular Hbond substituents is 2. The van der Waals surface area contributed by atoms with Gasteiger partial charge in [0.25, 0.3) is 0 Å². The van der Waals surface area contributed by atoms with Crippen molar-refractivity contribution in [3.8, 4) is 11.5 Å². The van der Waals surface area contributed by atoms with Crippen LogP contribution in [-0.2, 0) is 6.54 Å². The van der Waals surface area contributed by atoms with Crippen LogP contribution in [0.1, 0.15) is 11.1 Å². The van der Waals surface area contributed by atoms with Crippen LogP contribution in [0, 0.1) is 0 Å². The molecule has 0 heterocycles. The second-order valence-corrected chi connectivity index (χ2v) is 3.95. The Hall–Kier alpha value is -2.49. The molecule has 0 spiro atoms.